The number of nitrogens with zero attached hydrogens (tertiary/aromatic N) is 2. The van der Waals surface area contributed by atoms with Crippen LogP contribution in [0.3, 0.4) is 0 Å². The lowest BCUT2D eigenvalue weighted by atomic mass is 10.5. The molecule has 0 aromatic rings. The van der Waals surface area contributed by atoms with Crippen molar-refractivity contribution in [3.8, 4) is 0 Å². The second-order valence-corrected chi connectivity index (χ2v) is 8.29. The minimum absolute atomic E-state index is 0.159. The van der Waals surface area contributed by atoms with Gasteiger partial charge < -0.3 is 9.13 Å². The smallest absolute Gasteiger partial charge is 0.269 e. The van der Waals surface area contributed by atoms with E-state index in [-0.39, 0.29) is 6.04 Å². The summed E-state index contributed by atoms with van der Waals surface area (Å²) in [6, 6.07) is -0.159. The second-order valence-electron chi connectivity index (χ2n) is 3.93. The maximum atomic E-state index is 13.1. The van der Waals surface area contributed by atoms with Crippen LogP contribution in [0.1, 0.15) is 0 Å². The van der Waals surface area contributed by atoms with Crippen LogP contribution >= 0.6 is 0 Å². The first-order valence-electron chi connectivity index (χ1n) is 4.68. The molecule has 2 nitrogen and oxygen atoms in total. The first-order valence-corrected chi connectivity index (χ1v) is 6.86. The summed E-state index contributed by atoms with van der Waals surface area (Å²) >= 11 is 0. The molecule has 0 bridgehead atoms. The van der Waals surface area contributed by atoms with Gasteiger partial charge in [0.25, 0.3) is 6.43 Å². The van der Waals surface area contributed by atoms with Gasteiger partial charge in [-0.15, -0.1) is 6.58 Å². The molecule has 0 heterocycles. The van der Waals surface area contributed by atoms with Crippen LogP contribution in [0.25, 0.3) is 0 Å². The Bertz CT molecular complexity index is 202. The zero-order chi connectivity index (χ0) is 12.2. The standard InChI is InChI=1S/C9H19F3N2Si/c1-6-15(13(2)3,14(4)5)7-8(10)9(11)12/h6,8-9H,1,7H2,2-5H3. The molecule has 0 aliphatic rings. The van der Waals surface area contributed by atoms with Crippen LogP contribution in [0.4, 0.5) is 13.2 Å². The lowest BCUT2D eigenvalue weighted by molar-refractivity contribution is 0.0578. The maximum absolute atomic E-state index is 13.1. The van der Waals surface area contributed by atoms with Crippen molar-refractivity contribution in [2.45, 2.75) is 18.6 Å². The van der Waals surface area contributed by atoms with Crippen molar-refractivity contribution < 1.29 is 13.2 Å². The molecule has 0 saturated heterocycles. The lowest BCUT2D eigenvalue weighted by Gasteiger charge is -2.40. The zero-order valence-electron chi connectivity index (χ0n) is 9.67. The third-order valence-electron chi connectivity index (χ3n) is 2.64. The number of rotatable bonds is 6. The van der Waals surface area contributed by atoms with Gasteiger partial charge in [0.05, 0.1) is 0 Å². The van der Waals surface area contributed by atoms with Crippen LogP contribution in [-0.4, -0.2) is 58.3 Å². The van der Waals surface area contributed by atoms with E-state index in [0.717, 1.165) is 0 Å². The predicted molar refractivity (Wildman–Crippen MR) is 59.0 cm³/mol. The van der Waals surface area contributed by atoms with Crippen LogP contribution < -0.4 is 0 Å². The third-order valence-corrected chi connectivity index (χ3v) is 7.39. The molecule has 0 radical (unpaired) electrons. The third kappa shape index (κ3) is 3.32. The molecule has 6 heteroatoms. The molecule has 15 heavy (non-hydrogen) atoms. The quantitative estimate of drug-likeness (QED) is 0.654. The number of halogens is 3. The van der Waals surface area contributed by atoms with Gasteiger partial charge in [0, 0.05) is 6.04 Å². The predicted octanol–water partition coefficient (Wildman–Crippen LogP) is 1.88. The van der Waals surface area contributed by atoms with Crippen LogP contribution in [0, 0.1) is 0 Å². The monoisotopic (exact) mass is 240 g/mol. The summed E-state index contributed by atoms with van der Waals surface area (Å²) in [6.07, 6.45) is -5.00. The van der Waals surface area contributed by atoms with Crippen molar-refractivity contribution in [1.82, 2.24) is 9.13 Å². The minimum atomic E-state index is -2.92. The number of hydrogen-bond donors (Lipinski definition) is 0. The SMILES string of the molecule is C=C[Si](CC(F)C(F)F)(N(C)C)N(C)C. The fourth-order valence-corrected chi connectivity index (χ4v) is 4.77. The number of hydrogen-bond acceptors (Lipinski definition) is 2. The molecule has 90 valence electrons. The Morgan fingerprint density at radius 1 is 1.13 bits per heavy atom. The highest BCUT2D eigenvalue weighted by molar-refractivity contribution is 6.79. The van der Waals surface area contributed by atoms with E-state index in [2.05, 4.69) is 6.58 Å². The largest absolute Gasteiger partial charge is 0.314 e. The van der Waals surface area contributed by atoms with Gasteiger partial charge >= 0.3 is 0 Å². The Hall–Kier alpha value is -0.333. The molecule has 0 saturated carbocycles. The molecule has 0 rings (SSSR count). The van der Waals surface area contributed by atoms with E-state index >= 15 is 0 Å². The van der Waals surface area contributed by atoms with Crippen molar-refractivity contribution in [3.63, 3.8) is 0 Å². The van der Waals surface area contributed by atoms with Gasteiger partial charge in [0.15, 0.2) is 6.17 Å². The summed E-state index contributed by atoms with van der Waals surface area (Å²) in [5, 5.41) is 0. The normalized spacial score (nSPS) is 15.1. The van der Waals surface area contributed by atoms with Gasteiger partial charge in [-0.3, -0.25) is 0 Å². The van der Waals surface area contributed by atoms with Gasteiger partial charge in [-0.1, -0.05) is 5.70 Å². The van der Waals surface area contributed by atoms with Gasteiger partial charge in [0.1, 0.15) is 0 Å². The maximum Gasteiger partial charge on any atom is 0.269 e. The Balaban J connectivity index is 4.86. The summed E-state index contributed by atoms with van der Waals surface area (Å²) in [6.45, 7) is 3.65. The second kappa shape index (κ2) is 5.67. The Kier molecular flexibility index (Phi) is 5.54. The lowest BCUT2D eigenvalue weighted by Crippen LogP contribution is -2.61. The topological polar surface area (TPSA) is 6.48 Å². The molecule has 1 atom stereocenters. The first kappa shape index (κ1) is 14.7. The van der Waals surface area contributed by atoms with Crippen LogP contribution in [0.5, 0.6) is 0 Å². The highest BCUT2D eigenvalue weighted by Gasteiger charge is 2.41. The highest BCUT2D eigenvalue weighted by Crippen LogP contribution is 2.23. The molecule has 0 amide bonds. The first-order chi connectivity index (χ1) is 6.77. The fourth-order valence-electron chi connectivity index (χ4n) is 1.59. The molecule has 0 spiro atoms. The van der Waals surface area contributed by atoms with E-state index in [9.17, 15) is 13.2 Å². The summed E-state index contributed by atoms with van der Waals surface area (Å²) in [5.41, 5.74) is 1.63. The van der Waals surface area contributed by atoms with Crippen LogP contribution in [-0.2, 0) is 0 Å². The van der Waals surface area contributed by atoms with Crippen molar-refractivity contribution >= 4 is 8.40 Å². The summed E-state index contributed by atoms with van der Waals surface area (Å²) < 4.78 is 41.1. The van der Waals surface area contributed by atoms with Gasteiger partial charge in [-0.05, 0) is 28.2 Å². The molecule has 1 unspecified atom stereocenters. The molecule has 0 fully saturated rings. The molecular formula is C9H19F3N2Si. The Labute approximate surface area is 90.5 Å². The van der Waals surface area contributed by atoms with Crippen molar-refractivity contribution in [2.24, 2.45) is 0 Å². The average Bonchev–Trinajstić information content (AvgIpc) is 2.12. The molecule has 0 aromatic heterocycles. The molecular weight excluding hydrogens is 221 g/mol. The summed E-state index contributed by atoms with van der Waals surface area (Å²) in [5.74, 6) is 0. The fraction of sp³-hybridized carbons (Fsp3) is 0.778. The van der Waals surface area contributed by atoms with E-state index in [4.69, 9.17) is 0 Å². The van der Waals surface area contributed by atoms with Crippen molar-refractivity contribution in [2.75, 3.05) is 28.2 Å². The average molecular weight is 240 g/mol. The zero-order valence-corrected chi connectivity index (χ0v) is 10.7. The molecule has 0 aliphatic heterocycles. The van der Waals surface area contributed by atoms with E-state index < -0.39 is 21.0 Å². The highest BCUT2D eigenvalue weighted by atomic mass is 28.3. The van der Waals surface area contributed by atoms with E-state index in [1.165, 1.54) is 0 Å². The Morgan fingerprint density at radius 3 is 1.73 bits per heavy atom. The molecule has 0 aromatic carbocycles. The summed E-state index contributed by atoms with van der Waals surface area (Å²) in [4.78, 5) is 0. The van der Waals surface area contributed by atoms with E-state index in [1.807, 2.05) is 9.13 Å². The van der Waals surface area contributed by atoms with Crippen LogP contribution in [0.15, 0.2) is 12.3 Å². The van der Waals surface area contributed by atoms with E-state index in [1.54, 1.807) is 33.9 Å². The molecule has 0 aliphatic carbocycles. The van der Waals surface area contributed by atoms with Gasteiger partial charge in [0.2, 0.25) is 8.40 Å². The summed E-state index contributed by atoms with van der Waals surface area (Å²) in [7, 11) is 4.61. The van der Waals surface area contributed by atoms with Gasteiger partial charge in [-0.25, -0.2) is 13.2 Å². The van der Waals surface area contributed by atoms with Crippen LogP contribution in [0.2, 0.25) is 6.04 Å². The van der Waals surface area contributed by atoms with Gasteiger partial charge in [-0.2, -0.15) is 0 Å². The van der Waals surface area contributed by atoms with E-state index in [0.29, 0.717) is 0 Å². The van der Waals surface area contributed by atoms with Crippen molar-refractivity contribution in [1.29, 1.82) is 0 Å². The minimum Gasteiger partial charge on any atom is -0.314 e. The van der Waals surface area contributed by atoms with Crippen molar-refractivity contribution in [3.05, 3.63) is 12.3 Å². The molecule has 0 N–H and O–H groups in total. The number of alkyl halides is 3. The Morgan fingerprint density at radius 2 is 1.53 bits per heavy atom.